The number of methoxy groups -OCH3 is 1. The molecule has 0 fully saturated rings. The van der Waals surface area contributed by atoms with Gasteiger partial charge in [-0.25, -0.2) is 0 Å². The highest BCUT2D eigenvalue weighted by atomic mass is 16.5. The van der Waals surface area contributed by atoms with Gasteiger partial charge in [-0.3, -0.25) is 0 Å². The summed E-state index contributed by atoms with van der Waals surface area (Å²) < 4.78 is 5.15. The quantitative estimate of drug-likeness (QED) is 0.715. The monoisotopic (exact) mass is 290 g/mol. The van der Waals surface area contributed by atoms with Crippen molar-refractivity contribution in [3.8, 4) is 5.75 Å². The molecular weight excluding hydrogens is 272 g/mol. The Bertz CT molecular complexity index is 804. The summed E-state index contributed by atoms with van der Waals surface area (Å²) in [6.45, 7) is 0. The van der Waals surface area contributed by atoms with Crippen molar-refractivity contribution in [2.24, 2.45) is 5.73 Å². The predicted molar refractivity (Wildman–Crippen MR) is 90.7 cm³/mol. The second-order valence-electron chi connectivity index (χ2n) is 5.19. The average Bonchev–Trinajstić information content (AvgIpc) is 2.60. The van der Waals surface area contributed by atoms with Crippen LogP contribution < -0.4 is 10.5 Å². The highest BCUT2D eigenvalue weighted by Crippen LogP contribution is 2.25. The van der Waals surface area contributed by atoms with E-state index < -0.39 is 6.04 Å². The summed E-state index contributed by atoms with van der Waals surface area (Å²) in [6.07, 6.45) is 0. The first kappa shape index (κ1) is 14.3. The molecule has 0 aliphatic carbocycles. The molecule has 0 spiro atoms. The molecule has 22 heavy (non-hydrogen) atoms. The van der Waals surface area contributed by atoms with Gasteiger partial charge in [0.1, 0.15) is 5.75 Å². The molecule has 0 aromatic heterocycles. The molecule has 3 nitrogen and oxygen atoms in total. The van der Waals surface area contributed by atoms with E-state index >= 15 is 0 Å². The molecule has 0 saturated carbocycles. The number of benzene rings is 3. The summed E-state index contributed by atoms with van der Waals surface area (Å²) in [5, 5.41) is 10.6. The molecule has 0 bridgehead atoms. The van der Waals surface area contributed by atoms with Gasteiger partial charge in [-0.15, -0.1) is 0 Å². The van der Waals surface area contributed by atoms with Crippen LogP contribution in [0.2, 0.25) is 0 Å². The Kier molecular flexibility index (Phi) is 3.90. The van der Waals surface area contributed by atoms with Crippen molar-refractivity contribution >= 4 is 16.5 Å². The van der Waals surface area contributed by atoms with Crippen LogP contribution in [-0.4, -0.2) is 12.8 Å². The second kappa shape index (κ2) is 6.00. The number of fused-ring (bicyclic) bond motifs is 1. The topological polar surface area (TPSA) is 59.1 Å². The Morgan fingerprint density at radius 2 is 1.64 bits per heavy atom. The van der Waals surface area contributed by atoms with Gasteiger partial charge in [-0.2, -0.15) is 0 Å². The molecule has 1 unspecified atom stereocenters. The third-order valence-electron chi connectivity index (χ3n) is 3.87. The lowest BCUT2D eigenvalue weighted by Gasteiger charge is -2.16. The molecule has 0 amide bonds. The maximum atomic E-state index is 8.41. The van der Waals surface area contributed by atoms with E-state index in [2.05, 4.69) is 12.1 Å². The molecule has 3 aromatic carbocycles. The summed E-state index contributed by atoms with van der Waals surface area (Å²) in [7, 11) is 1.63. The molecule has 0 aliphatic heterocycles. The van der Waals surface area contributed by atoms with Crippen molar-refractivity contribution in [1.29, 1.82) is 5.41 Å². The summed E-state index contributed by atoms with van der Waals surface area (Å²) in [4.78, 5) is 0. The Morgan fingerprint density at radius 3 is 2.36 bits per heavy atom. The maximum absolute atomic E-state index is 8.41. The zero-order valence-electron chi connectivity index (χ0n) is 12.4. The smallest absolute Gasteiger partial charge is 0.118 e. The van der Waals surface area contributed by atoms with Gasteiger partial charge >= 0.3 is 0 Å². The van der Waals surface area contributed by atoms with E-state index in [1.54, 1.807) is 7.11 Å². The predicted octanol–water partition coefficient (Wildman–Crippen LogP) is 3.92. The highest BCUT2D eigenvalue weighted by Gasteiger charge is 2.16. The number of rotatable bonds is 4. The third-order valence-corrected chi connectivity index (χ3v) is 3.87. The molecule has 3 rings (SSSR count). The van der Waals surface area contributed by atoms with Gasteiger partial charge < -0.3 is 15.9 Å². The van der Waals surface area contributed by atoms with Gasteiger partial charge in [0.25, 0.3) is 0 Å². The van der Waals surface area contributed by atoms with Gasteiger partial charge in [-0.05, 0) is 46.2 Å². The average molecular weight is 290 g/mol. The van der Waals surface area contributed by atoms with Crippen LogP contribution in [0.5, 0.6) is 5.75 Å². The largest absolute Gasteiger partial charge is 0.497 e. The standard InChI is InChI=1S/C19H18N2O/c1-22-15-11-9-14(10-12-15)18(20)19(21)17-8-4-6-13-5-2-3-7-16(13)17/h2-12,19-20H,21H2,1H3. The molecule has 0 saturated heterocycles. The lowest BCUT2D eigenvalue weighted by atomic mass is 9.93. The van der Waals surface area contributed by atoms with Crippen LogP contribution in [0.25, 0.3) is 10.8 Å². The normalized spacial score (nSPS) is 12.1. The summed E-state index contributed by atoms with van der Waals surface area (Å²) in [5.74, 6) is 0.773. The first-order valence-corrected chi connectivity index (χ1v) is 7.17. The molecule has 1 atom stereocenters. The van der Waals surface area contributed by atoms with Crippen LogP contribution in [0.3, 0.4) is 0 Å². The number of ether oxygens (including phenoxy) is 1. The fourth-order valence-electron chi connectivity index (χ4n) is 2.63. The van der Waals surface area contributed by atoms with Crippen molar-refractivity contribution in [2.75, 3.05) is 7.11 Å². The van der Waals surface area contributed by atoms with Crippen molar-refractivity contribution in [3.05, 3.63) is 77.9 Å². The van der Waals surface area contributed by atoms with E-state index in [4.69, 9.17) is 15.9 Å². The minimum atomic E-state index is -0.459. The molecular formula is C19H18N2O. The van der Waals surface area contributed by atoms with Gasteiger partial charge in [0, 0.05) is 0 Å². The van der Waals surface area contributed by atoms with E-state index in [-0.39, 0.29) is 0 Å². The van der Waals surface area contributed by atoms with Crippen LogP contribution in [0.15, 0.2) is 66.7 Å². The van der Waals surface area contributed by atoms with Crippen LogP contribution in [0, 0.1) is 5.41 Å². The fraction of sp³-hybridized carbons (Fsp3) is 0.105. The van der Waals surface area contributed by atoms with Gasteiger partial charge in [0.05, 0.1) is 18.9 Å². The zero-order chi connectivity index (χ0) is 15.5. The fourth-order valence-corrected chi connectivity index (χ4v) is 2.63. The van der Waals surface area contributed by atoms with Crippen molar-refractivity contribution < 1.29 is 4.74 Å². The first-order chi connectivity index (χ1) is 10.7. The number of nitrogens with one attached hydrogen (secondary N) is 1. The summed E-state index contributed by atoms with van der Waals surface area (Å²) in [6, 6.07) is 21.1. The summed E-state index contributed by atoms with van der Waals surface area (Å²) >= 11 is 0. The molecule has 0 aliphatic rings. The van der Waals surface area contributed by atoms with E-state index in [0.29, 0.717) is 5.71 Å². The van der Waals surface area contributed by atoms with Gasteiger partial charge in [-0.1, -0.05) is 42.5 Å². The Balaban J connectivity index is 1.97. The molecule has 0 heterocycles. The molecule has 3 heteroatoms. The van der Waals surface area contributed by atoms with E-state index in [1.807, 2.05) is 54.6 Å². The highest BCUT2D eigenvalue weighted by molar-refractivity contribution is 6.04. The minimum absolute atomic E-state index is 0.402. The molecule has 0 radical (unpaired) electrons. The lowest BCUT2D eigenvalue weighted by molar-refractivity contribution is 0.415. The molecule has 3 aromatic rings. The van der Waals surface area contributed by atoms with E-state index in [1.165, 1.54) is 0 Å². The SMILES string of the molecule is COc1ccc(C(=N)C(N)c2cccc3ccccc23)cc1. The third kappa shape index (κ3) is 2.59. The maximum Gasteiger partial charge on any atom is 0.118 e. The molecule has 3 N–H and O–H groups in total. The lowest BCUT2D eigenvalue weighted by Crippen LogP contribution is -2.21. The van der Waals surface area contributed by atoms with E-state index in [0.717, 1.165) is 27.6 Å². The Labute approximate surface area is 129 Å². The Morgan fingerprint density at radius 1 is 0.955 bits per heavy atom. The number of hydrogen-bond acceptors (Lipinski definition) is 3. The first-order valence-electron chi connectivity index (χ1n) is 7.17. The summed E-state index contributed by atoms with van der Waals surface area (Å²) in [5.41, 5.74) is 8.53. The van der Waals surface area contributed by atoms with Crippen molar-refractivity contribution in [2.45, 2.75) is 6.04 Å². The van der Waals surface area contributed by atoms with Crippen LogP contribution in [-0.2, 0) is 0 Å². The van der Waals surface area contributed by atoms with Crippen LogP contribution >= 0.6 is 0 Å². The number of hydrogen-bond donors (Lipinski definition) is 2. The van der Waals surface area contributed by atoms with Gasteiger partial charge in [0.2, 0.25) is 0 Å². The van der Waals surface area contributed by atoms with Crippen LogP contribution in [0.4, 0.5) is 0 Å². The van der Waals surface area contributed by atoms with Crippen molar-refractivity contribution in [1.82, 2.24) is 0 Å². The molecule has 110 valence electrons. The van der Waals surface area contributed by atoms with Gasteiger partial charge in [0.15, 0.2) is 0 Å². The second-order valence-corrected chi connectivity index (χ2v) is 5.19. The Hall–Kier alpha value is -2.65. The van der Waals surface area contributed by atoms with E-state index in [9.17, 15) is 0 Å². The number of nitrogens with two attached hydrogens (primary N) is 1. The zero-order valence-corrected chi connectivity index (χ0v) is 12.4. The van der Waals surface area contributed by atoms with Crippen LogP contribution in [0.1, 0.15) is 17.2 Å². The van der Waals surface area contributed by atoms with Crippen molar-refractivity contribution in [3.63, 3.8) is 0 Å². The minimum Gasteiger partial charge on any atom is -0.497 e.